The number of carbonyl (C=O) groups excluding carboxylic acids is 3. The van der Waals surface area contributed by atoms with Gasteiger partial charge in [-0.15, -0.1) is 0 Å². The molecule has 0 fully saturated rings. The largest absolute Gasteiger partial charge is 0.480 e. The number of ether oxygens (including phenoxy) is 2. The van der Waals surface area contributed by atoms with Crippen molar-refractivity contribution in [1.82, 2.24) is 0 Å². The van der Waals surface area contributed by atoms with Crippen molar-refractivity contribution in [2.45, 2.75) is 187 Å². The van der Waals surface area contributed by atoms with Crippen LogP contribution in [0.3, 0.4) is 0 Å². The van der Waals surface area contributed by atoms with Crippen LogP contribution in [0.5, 0.6) is 0 Å². The zero-order chi connectivity index (χ0) is 42.2. The number of nitrogens with two attached hydrogens (primary N) is 1. The van der Waals surface area contributed by atoms with E-state index in [2.05, 4.69) is 42.7 Å². The number of carbonyl (C=O) groups is 4. The van der Waals surface area contributed by atoms with E-state index in [0.717, 1.165) is 89.9 Å². The number of allylic oxidation sites excluding steroid dienone is 8. The highest BCUT2D eigenvalue weighted by Crippen LogP contribution is 2.43. The number of carboxylic acid groups (broad SMARTS) is 1. The van der Waals surface area contributed by atoms with Gasteiger partial charge in [0.05, 0.1) is 13.2 Å². The zero-order valence-corrected chi connectivity index (χ0v) is 36.1. The summed E-state index contributed by atoms with van der Waals surface area (Å²) in [4.78, 5) is 57.7. The monoisotopic (exact) mass is 826 g/mol. The number of phosphoric ester groups is 1. The molecule has 0 saturated carbocycles. The van der Waals surface area contributed by atoms with E-state index >= 15 is 0 Å². The van der Waals surface area contributed by atoms with Crippen LogP contribution < -0.4 is 5.73 Å². The lowest BCUT2D eigenvalue weighted by atomic mass is 10.1. The molecule has 0 heterocycles. The number of phosphoric acid groups is 1. The maximum atomic E-state index is 12.6. The van der Waals surface area contributed by atoms with Gasteiger partial charge in [0.15, 0.2) is 11.9 Å². The summed E-state index contributed by atoms with van der Waals surface area (Å²) >= 11 is 0. The Bertz CT molecular complexity index is 1220. The van der Waals surface area contributed by atoms with Gasteiger partial charge in [-0.1, -0.05) is 133 Å². The molecule has 0 saturated heterocycles. The van der Waals surface area contributed by atoms with Crippen molar-refractivity contribution in [1.29, 1.82) is 0 Å². The third-order valence-electron chi connectivity index (χ3n) is 9.03. The van der Waals surface area contributed by atoms with E-state index < -0.39 is 51.1 Å². The number of unbranched alkanes of at least 4 members (excludes halogenated alkanes) is 17. The minimum absolute atomic E-state index is 0.107. The number of ketones is 1. The number of hydrogen-bond acceptors (Lipinski definition) is 10. The molecule has 12 nitrogen and oxygen atoms in total. The van der Waals surface area contributed by atoms with Gasteiger partial charge < -0.3 is 25.2 Å². The predicted molar refractivity (Wildman–Crippen MR) is 227 cm³/mol. The fourth-order valence-electron chi connectivity index (χ4n) is 5.55. The fraction of sp³-hybridized carbons (Fsp3) is 0.727. The molecule has 13 heteroatoms. The first-order valence-corrected chi connectivity index (χ1v) is 23.1. The third kappa shape index (κ3) is 38.4. The summed E-state index contributed by atoms with van der Waals surface area (Å²) in [5, 5.41) is 8.88. The topological polar surface area (TPSA) is 189 Å². The quantitative estimate of drug-likeness (QED) is 0.0133. The van der Waals surface area contributed by atoms with Gasteiger partial charge in [0.2, 0.25) is 0 Å². The Kier molecular flexibility index (Phi) is 36.7. The van der Waals surface area contributed by atoms with Crippen molar-refractivity contribution in [3.63, 3.8) is 0 Å². The summed E-state index contributed by atoms with van der Waals surface area (Å²) in [7, 11) is -4.74. The molecule has 0 aromatic rings. The van der Waals surface area contributed by atoms with Crippen molar-refractivity contribution in [3.05, 3.63) is 48.6 Å². The Morgan fingerprint density at radius 3 is 1.68 bits per heavy atom. The van der Waals surface area contributed by atoms with Crippen LogP contribution in [0.25, 0.3) is 0 Å². The summed E-state index contributed by atoms with van der Waals surface area (Å²) in [6.07, 6.45) is 38.7. The maximum absolute atomic E-state index is 12.6. The van der Waals surface area contributed by atoms with Crippen molar-refractivity contribution < 1.29 is 52.3 Å². The summed E-state index contributed by atoms with van der Waals surface area (Å²) in [6.45, 7) is 2.57. The van der Waals surface area contributed by atoms with E-state index in [9.17, 15) is 28.6 Å². The SMILES string of the molecule is CCCCC/C=C\C/C=C\CCCCCCCCCC(=O)OC[C@H](COP(=O)(O)OC[C@H](N)C(=O)O)OC(=O)CCCCCCC/C=C\C=C\C(=O)CCCCC. The number of rotatable bonds is 40. The van der Waals surface area contributed by atoms with Crippen LogP contribution in [0.4, 0.5) is 0 Å². The minimum atomic E-state index is -4.74. The molecule has 0 aliphatic carbocycles. The molecule has 4 N–H and O–H groups in total. The van der Waals surface area contributed by atoms with E-state index in [0.29, 0.717) is 19.3 Å². The standard InChI is InChI=1S/C44H76NO11P/c1-3-5-7-8-9-10-11-12-13-14-15-16-17-20-23-26-30-34-42(47)53-36-40(37-54-57(51,52)55-38-41(45)44(49)50)56-43(48)35-31-27-24-21-18-19-22-25-29-33-39(46)32-28-6-4-2/h9-10,12-13,22,25,29,33,40-41H,3-8,11,14-21,23-24,26-28,30-32,34-38,45H2,1-2H3,(H,49,50)(H,51,52)/b10-9-,13-12-,25-22-,33-29+/t40-,41+/m1/s1. The highest BCUT2D eigenvalue weighted by Gasteiger charge is 2.28. The molecule has 0 amide bonds. The van der Waals surface area contributed by atoms with Gasteiger partial charge in [0.25, 0.3) is 0 Å². The molecule has 57 heavy (non-hydrogen) atoms. The van der Waals surface area contributed by atoms with Gasteiger partial charge in [-0.25, -0.2) is 4.57 Å². The summed E-state index contributed by atoms with van der Waals surface area (Å²) in [5.41, 5.74) is 5.32. The molecule has 0 bridgehead atoms. The molecule has 0 aliphatic heterocycles. The number of carboxylic acids is 1. The first-order valence-electron chi connectivity index (χ1n) is 21.6. The van der Waals surface area contributed by atoms with Crippen LogP contribution in [-0.2, 0) is 42.3 Å². The second kappa shape index (κ2) is 38.6. The van der Waals surface area contributed by atoms with Crippen LogP contribution >= 0.6 is 7.82 Å². The van der Waals surface area contributed by atoms with Crippen LogP contribution in [0.15, 0.2) is 48.6 Å². The first-order chi connectivity index (χ1) is 27.5. The Morgan fingerprint density at radius 2 is 1.09 bits per heavy atom. The van der Waals surface area contributed by atoms with Gasteiger partial charge >= 0.3 is 25.7 Å². The first kappa shape index (κ1) is 54.1. The van der Waals surface area contributed by atoms with Crippen LogP contribution in [0.2, 0.25) is 0 Å². The smallest absolute Gasteiger partial charge is 0.472 e. The molecule has 0 aliphatic rings. The number of hydrogen-bond donors (Lipinski definition) is 3. The van der Waals surface area contributed by atoms with Crippen LogP contribution in [-0.4, -0.2) is 65.7 Å². The van der Waals surface area contributed by atoms with Gasteiger partial charge in [-0.3, -0.25) is 28.2 Å². The molecule has 0 rings (SSSR count). The number of esters is 2. The van der Waals surface area contributed by atoms with Crippen LogP contribution in [0.1, 0.15) is 174 Å². The molecule has 328 valence electrons. The molecule has 0 spiro atoms. The normalized spacial score (nSPS) is 14.1. The maximum Gasteiger partial charge on any atom is 0.472 e. The average Bonchev–Trinajstić information content (AvgIpc) is 3.18. The van der Waals surface area contributed by atoms with E-state index in [1.54, 1.807) is 12.2 Å². The van der Waals surface area contributed by atoms with Crippen LogP contribution in [0, 0.1) is 0 Å². The summed E-state index contributed by atoms with van der Waals surface area (Å²) in [6, 6.07) is -1.54. The van der Waals surface area contributed by atoms with E-state index in [4.69, 9.17) is 24.8 Å². The molecule has 0 aromatic carbocycles. The summed E-state index contributed by atoms with van der Waals surface area (Å²) in [5.74, 6) is -2.31. The summed E-state index contributed by atoms with van der Waals surface area (Å²) < 4.78 is 32.6. The van der Waals surface area contributed by atoms with Crippen molar-refractivity contribution >= 4 is 31.5 Å². The Hall–Kier alpha value is -2.89. The third-order valence-corrected chi connectivity index (χ3v) is 9.98. The number of aliphatic carboxylic acids is 1. The second-order valence-electron chi connectivity index (χ2n) is 14.5. The van der Waals surface area contributed by atoms with Crippen molar-refractivity contribution in [2.24, 2.45) is 5.73 Å². The van der Waals surface area contributed by atoms with Gasteiger partial charge in [-0.05, 0) is 70.3 Å². The molecule has 3 atom stereocenters. The van der Waals surface area contributed by atoms with Gasteiger partial charge in [0.1, 0.15) is 12.6 Å². The lowest BCUT2D eigenvalue weighted by Crippen LogP contribution is -2.34. The zero-order valence-electron chi connectivity index (χ0n) is 35.2. The van der Waals surface area contributed by atoms with E-state index in [-0.39, 0.29) is 25.2 Å². The second-order valence-corrected chi connectivity index (χ2v) is 16.0. The van der Waals surface area contributed by atoms with Gasteiger partial charge in [-0.2, -0.15) is 0 Å². The molecule has 0 aromatic heterocycles. The fourth-order valence-corrected chi connectivity index (χ4v) is 6.32. The molecule has 1 unspecified atom stereocenters. The van der Waals surface area contributed by atoms with E-state index in [1.807, 2.05) is 12.2 Å². The lowest BCUT2D eigenvalue weighted by molar-refractivity contribution is -0.161. The predicted octanol–water partition coefficient (Wildman–Crippen LogP) is 10.6. The highest BCUT2D eigenvalue weighted by molar-refractivity contribution is 7.47. The van der Waals surface area contributed by atoms with E-state index in [1.165, 1.54) is 38.5 Å². The Balaban J connectivity index is 4.45. The lowest BCUT2D eigenvalue weighted by Gasteiger charge is -2.20. The molecule has 0 radical (unpaired) electrons. The Morgan fingerprint density at radius 1 is 0.596 bits per heavy atom. The molecular formula is C44H76NO11P. The van der Waals surface area contributed by atoms with Crippen molar-refractivity contribution in [3.8, 4) is 0 Å². The Labute approximate surface area is 343 Å². The highest BCUT2D eigenvalue weighted by atomic mass is 31.2. The average molecular weight is 826 g/mol. The van der Waals surface area contributed by atoms with Gasteiger partial charge in [0, 0.05) is 19.3 Å². The minimum Gasteiger partial charge on any atom is -0.480 e. The molecular weight excluding hydrogens is 749 g/mol. The van der Waals surface area contributed by atoms with Crippen molar-refractivity contribution in [2.75, 3.05) is 19.8 Å².